The number of amides is 1. The Kier molecular flexibility index (Phi) is 7.21. The lowest BCUT2D eigenvalue weighted by Crippen LogP contribution is -2.41. The molecule has 0 spiro atoms. The summed E-state index contributed by atoms with van der Waals surface area (Å²) in [6, 6.07) is 7.47. The number of piperidine rings is 1. The Morgan fingerprint density at radius 2 is 1.83 bits per heavy atom. The first-order valence-electron chi connectivity index (χ1n) is 8.87. The Morgan fingerprint density at radius 3 is 2.33 bits per heavy atom. The fourth-order valence-electron chi connectivity index (χ4n) is 3.02. The first-order chi connectivity index (χ1) is 11.5. The zero-order chi connectivity index (χ0) is 17.5. The van der Waals surface area contributed by atoms with Crippen molar-refractivity contribution in [1.29, 1.82) is 0 Å². The highest BCUT2D eigenvalue weighted by molar-refractivity contribution is 5.94. The summed E-state index contributed by atoms with van der Waals surface area (Å²) >= 11 is 0. The standard InChI is InChI=1S/C19H30N2O3/c1-14(2)18(13-23)20-19(24)17-5-3-15(4-6-17)11-21-9-7-16(12-22)8-10-21/h3-6,14,16,18,22-23H,7-13H2,1-2H3,(H,20,24)/t18-/m1/s1. The van der Waals surface area contributed by atoms with Gasteiger partial charge in [0.05, 0.1) is 12.6 Å². The lowest BCUT2D eigenvalue weighted by atomic mass is 9.97. The minimum absolute atomic E-state index is 0.0503. The van der Waals surface area contributed by atoms with Gasteiger partial charge in [0.25, 0.3) is 5.91 Å². The van der Waals surface area contributed by atoms with E-state index < -0.39 is 0 Å². The van der Waals surface area contributed by atoms with Gasteiger partial charge in [0.15, 0.2) is 0 Å². The molecule has 0 bridgehead atoms. The van der Waals surface area contributed by atoms with Crippen LogP contribution in [0.2, 0.25) is 0 Å². The molecule has 1 aliphatic heterocycles. The molecule has 1 fully saturated rings. The lowest BCUT2D eigenvalue weighted by Gasteiger charge is -2.31. The highest BCUT2D eigenvalue weighted by Crippen LogP contribution is 2.18. The Bertz CT molecular complexity index is 508. The molecular formula is C19H30N2O3. The molecule has 1 amide bonds. The lowest BCUT2D eigenvalue weighted by molar-refractivity contribution is 0.0897. The summed E-state index contributed by atoms with van der Waals surface area (Å²) in [4.78, 5) is 14.6. The third-order valence-corrected chi connectivity index (χ3v) is 4.91. The van der Waals surface area contributed by atoms with Crippen molar-refractivity contribution in [1.82, 2.24) is 10.2 Å². The molecule has 0 saturated carbocycles. The Balaban J connectivity index is 1.87. The summed E-state index contributed by atoms with van der Waals surface area (Å²) in [6.45, 7) is 7.11. The normalized spacial score (nSPS) is 17.9. The van der Waals surface area contributed by atoms with E-state index in [1.165, 1.54) is 5.56 Å². The van der Waals surface area contributed by atoms with Crippen LogP contribution < -0.4 is 5.32 Å². The van der Waals surface area contributed by atoms with Crippen LogP contribution in [0.25, 0.3) is 0 Å². The summed E-state index contributed by atoms with van der Waals surface area (Å²) in [7, 11) is 0. The van der Waals surface area contributed by atoms with Crippen molar-refractivity contribution < 1.29 is 15.0 Å². The molecule has 134 valence electrons. The van der Waals surface area contributed by atoms with Gasteiger partial charge in [0, 0.05) is 18.7 Å². The van der Waals surface area contributed by atoms with Gasteiger partial charge in [-0.25, -0.2) is 0 Å². The Hall–Kier alpha value is -1.43. The summed E-state index contributed by atoms with van der Waals surface area (Å²) < 4.78 is 0. The Labute approximate surface area is 144 Å². The van der Waals surface area contributed by atoms with E-state index in [0.29, 0.717) is 18.1 Å². The minimum Gasteiger partial charge on any atom is -0.396 e. The molecule has 1 aromatic rings. The van der Waals surface area contributed by atoms with Crippen molar-refractivity contribution in [3.8, 4) is 0 Å². The second kappa shape index (κ2) is 9.16. The minimum atomic E-state index is -0.218. The van der Waals surface area contributed by atoms with Gasteiger partial charge in [-0.15, -0.1) is 0 Å². The van der Waals surface area contributed by atoms with Gasteiger partial charge in [-0.05, 0) is 55.5 Å². The molecule has 5 heteroatoms. The van der Waals surface area contributed by atoms with Crippen molar-refractivity contribution in [3.63, 3.8) is 0 Å². The SMILES string of the molecule is CC(C)[C@@H](CO)NC(=O)c1ccc(CN2CCC(CO)CC2)cc1. The van der Waals surface area contributed by atoms with E-state index in [1.54, 1.807) is 0 Å². The number of aliphatic hydroxyl groups is 2. The fourth-order valence-corrected chi connectivity index (χ4v) is 3.02. The van der Waals surface area contributed by atoms with Crippen LogP contribution in [0.4, 0.5) is 0 Å². The van der Waals surface area contributed by atoms with Crippen molar-refractivity contribution in [3.05, 3.63) is 35.4 Å². The van der Waals surface area contributed by atoms with Crippen LogP contribution in [0.3, 0.4) is 0 Å². The molecule has 0 aromatic heterocycles. The molecule has 0 radical (unpaired) electrons. The number of carbonyl (C=O) groups is 1. The number of hydrogen-bond donors (Lipinski definition) is 3. The zero-order valence-corrected chi connectivity index (χ0v) is 14.7. The molecule has 0 unspecified atom stereocenters. The number of aliphatic hydroxyl groups excluding tert-OH is 2. The van der Waals surface area contributed by atoms with Crippen molar-refractivity contribution in [2.24, 2.45) is 11.8 Å². The highest BCUT2D eigenvalue weighted by atomic mass is 16.3. The van der Waals surface area contributed by atoms with Gasteiger partial charge in [-0.1, -0.05) is 26.0 Å². The van der Waals surface area contributed by atoms with Crippen LogP contribution in [0.1, 0.15) is 42.6 Å². The van der Waals surface area contributed by atoms with Crippen molar-refractivity contribution >= 4 is 5.91 Å². The van der Waals surface area contributed by atoms with Gasteiger partial charge in [-0.3, -0.25) is 9.69 Å². The van der Waals surface area contributed by atoms with Gasteiger partial charge in [0.1, 0.15) is 0 Å². The second-order valence-electron chi connectivity index (χ2n) is 7.11. The summed E-state index contributed by atoms with van der Waals surface area (Å²) in [6.07, 6.45) is 2.10. The van der Waals surface area contributed by atoms with E-state index in [0.717, 1.165) is 32.5 Å². The van der Waals surface area contributed by atoms with E-state index in [2.05, 4.69) is 10.2 Å². The average Bonchev–Trinajstić information content (AvgIpc) is 2.60. The van der Waals surface area contributed by atoms with Gasteiger partial charge < -0.3 is 15.5 Å². The highest BCUT2D eigenvalue weighted by Gasteiger charge is 2.19. The smallest absolute Gasteiger partial charge is 0.251 e. The predicted octanol–water partition coefficient (Wildman–Crippen LogP) is 1.64. The van der Waals surface area contributed by atoms with Crippen LogP contribution in [0.5, 0.6) is 0 Å². The third-order valence-electron chi connectivity index (χ3n) is 4.91. The molecule has 1 saturated heterocycles. The molecule has 0 aliphatic carbocycles. The van der Waals surface area contributed by atoms with Crippen LogP contribution >= 0.6 is 0 Å². The number of nitrogens with one attached hydrogen (secondary N) is 1. The van der Waals surface area contributed by atoms with Gasteiger partial charge >= 0.3 is 0 Å². The van der Waals surface area contributed by atoms with Crippen molar-refractivity contribution in [2.75, 3.05) is 26.3 Å². The molecule has 1 aromatic carbocycles. The summed E-state index contributed by atoms with van der Waals surface area (Å²) in [5, 5.41) is 21.4. The summed E-state index contributed by atoms with van der Waals surface area (Å²) in [5.74, 6) is 0.505. The number of carbonyl (C=O) groups excluding carboxylic acids is 1. The molecule has 24 heavy (non-hydrogen) atoms. The maximum atomic E-state index is 12.2. The number of nitrogens with zero attached hydrogens (tertiary/aromatic N) is 1. The largest absolute Gasteiger partial charge is 0.396 e. The molecule has 1 aliphatic rings. The number of benzene rings is 1. The quantitative estimate of drug-likeness (QED) is 0.709. The molecule has 1 heterocycles. The molecule has 3 N–H and O–H groups in total. The van der Waals surface area contributed by atoms with E-state index >= 15 is 0 Å². The number of rotatable bonds is 7. The first-order valence-corrected chi connectivity index (χ1v) is 8.87. The van der Waals surface area contributed by atoms with E-state index in [9.17, 15) is 15.0 Å². The van der Waals surface area contributed by atoms with Gasteiger partial charge in [0.2, 0.25) is 0 Å². The monoisotopic (exact) mass is 334 g/mol. The predicted molar refractivity (Wildman–Crippen MR) is 94.7 cm³/mol. The first kappa shape index (κ1) is 18.9. The number of hydrogen-bond acceptors (Lipinski definition) is 4. The maximum Gasteiger partial charge on any atom is 0.251 e. The molecular weight excluding hydrogens is 304 g/mol. The van der Waals surface area contributed by atoms with Crippen LogP contribution in [-0.4, -0.2) is 53.4 Å². The fraction of sp³-hybridized carbons (Fsp3) is 0.632. The zero-order valence-electron chi connectivity index (χ0n) is 14.7. The average molecular weight is 334 g/mol. The van der Waals surface area contributed by atoms with E-state index in [1.807, 2.05) is 38.1 Å². The molecule has 5 nitrogen and oxygen atoms in total. The summed E-state index contributed by atoms with van der Waals surface area (Å²) in [5.41, 5.74) is 1.81. The maximum absolute atomic E-state index is 12.2. The molecule has 2 rings (SSSR count). The Morgan fingerprint density at radius 1 is 1.21 bits per heavy atom. The molecule has 1 atom stereocenters. The topological polar surface area (TPSA) is 72.8 Å². The second-order valence-corrected chi connectivity index (χ2v) is 7.11. The number of likely N-dealkylation sites (tertiary alicyclic amines) is 1. The van der Waals surface area contributed by atoms with Crippen LogP contribution in [0, 0.1) is 11.8 Å². The van der Waals surface area contributed by atoms with Crippen LogP contribution in [-0.2, 0) is 6.54 Å². The van der Waals surface area contributed by atoms with Crippen LogP contribution in [0.15, 0.2) is 24.3 Å². The van der Waals surface area contributed by atoms with Gasteiger partial charge in [-0.2, -0.15) is 0 Å². The van der Waals surface area contributed by atoms with E-state index in [-0.39, 0.29) is 24.5 Å². The third kappa shape index (κ3) is 5.30. The van der Waals surface area contributed by atoms with Crippen molar-refractivity contribution in [2.45, 2.75) is 39.3 Å². The van der Waals surface area contributed by atoms with E-state index in [4.69, 9.17) is 0 Å².